The topological polar surface area (TPSA) is 91.9 Å². The van der Waals surface area contributed by atoms with Crippen molar-refractivity contribution in [3.63, 3.8) is 0 Å². The van der Waals surface area contributed by atoms with Gasteiger partial charge in [0.1, 0.15) is 5.82 Å². The van der Waals surface area contributed by atoms with E-state index in [1.807, 2.05) is 18.2 Å². The van der Waals surface area contributed by atoms with Crippen LogP contribution in [0.15, 0.2) is 66.5 Å². The number of halogens is 1. The van der Waals surface area contributed by atoms with Crippen molar-refractivity contribution in [3.05, 3.63) is 83.5 Å². The van der Waals surface area contributed by atoms with Crippen LogP contribution in [0.1, 0.15) is 11.1 Å². The van der Waals surface area contributed by atoms with Gasteiger partial charge in [-0.1, -0.05) is 18.2 Å². The fraction of sp³-hybridized carbons (Fsp3) is 0.0952. The molecule has 27 heavy (non-hydrogen) atoms. The van der Waals surface area contributed by atoms with Gasteiger partial charge in [0, 0.05) is 29.1 Å². The molecule has 1 aromatic carbocycles. The fourth-order valence-corrected chi connectivity index (χ4v) is 2.77. The van der Waals surface area contributed by atoms with Crippen LogP contribution in [0.25, 0.3) is 16.8 Å². The standard InChI is InChI=1S/C21H19FN4O/c1-13-9-15(6-7-18(13)22)21-17(3-2-8-26-21)14-4-5-16(19(23)10-14)11-25-12-20(24)27/h2-11,23,25H,12H2,1H3,(H2,24,27)/b16-11-,23-19?. The summed E-state index contributed by atoms with van der Waals surface area (Å²) in [5, 5.41) is 11.0. The molecule has 4 N–H and O–H groups in total. The lowest BCUT2D eigenvalue weighted by Crippen LogP contribution is -2.25. The number of allylic oxidation sites excluding steroid dienone is 5. The molecule has 5 nitrogen and oxygen atoms in total. The number of hydrogen-bond donors (Lipinski definition) is 3. The number of pyridine rings is 1. The highest BCUT2D eigenvalue weighted by Gasteiger charge is 2.14. The van der Waals surface area contributed by atoms with E-state index < -0.39 is 5.91 Å². The highest BCUT2D eigenvalue weighted by Crippen LogP contribution is 2.30. The van der Waals surface area contributed by atoms with Gasteiger partial charge < -0.3 is 16.5 Å². The fourth-order valence-electron chi connectivity index (χ4n) is 2.77. The normalized spacial score (nSPS) is 15.0. The molecule has 0 fully saturated rings. The molecule has 1 aliphatic carbocycles. The number of amides is 1. The number of nitrogens with one attached hydrogen (secondary N) is 2. The second-order valence-corrected chi connectivity index (χ2v) is 6.16. The Labute approximate surface area is 156 Å². The van der Waals surface area contributed by atoms with Gasteiger partial charge in [0.2, 0.25) is 5.91 Å². The predicted molar refractivity (Wildman–Crippen MR) is 104 cm³/mol. The van der Waals surface area contributed by atoms with Crippen molar-refractivity contribution in [1.29, 1.82) is 5.41 Å². The van der Waals surface area contributed by atoms with Crippen molar-refractivity contribution in [2.75, 3.05) is 6.54 Å². The summed E-state index contributed by atoms with van der Waals surface area (Å²) >= 11 is 0. The van der Waals surface area contributed by atoms with Gasteiger partial charge >= 0.3 is 0 Å². The molecule has 0 atom stereocenters. The summed E-state index contributed by atoms with van der Waals surface area (Å²) in [7, 11) is 0. The molecule has 0 saturated heterocycles. The molecule has 0 aliphatic heterocycles. The molecule has 6 heteroatoms. The molecular weight excluding hydrogens is 343 g/mol. The molecule has 1 aromatic heterocycles. The molecule has 0 unspecified atom stereocenters. The Morgan fingerprint density at radius 2 is 2.15 bits per heavy atom. The number of benzene rings is 1. The lowest BCUT2D eigenvalue weighted by atomic mass is 9.92. The van der Waals surface area contributed by atoms with Crippen molar-refractivity contribution in [3.8, 4) is 11.3 Å². The maximum Gasteiger partial charge on any atom is 0.236 e. The van der Waals surface area contributed by atoms with Crippen LogP contribution in [0.5, 0.6) is 0 Å². The van der Waals surface area contributed by atoms with Crippen LogP contribution in [-0.4, -0.2) is 23.1 Å². The minimum atomic E-state index is -0.469. The summed E-state index contributed by atoms with van der Waals surface area (Å²) in [6, 6.07) is 8.64. The number of nitrogens with two attached hydrogens (primary N) is 1. The van der Waals surface area contributed by atoms with E-state index in [1.165, 1.54) is 6.07 Å². The maximum atomic E-state index is 13.6. The van der Waals surface area contributed by atoms with Gasteiger partial charge in [-0.25, -0.2) is 4.39 Å². The smallest absolute Gasteiger partial charge is 0.236 e. The number of primary amides is 1. The highest BCUT2D eigenvalue weighted by molar-refractivity contribution is 6.15. The summed E-state index contributed by atoms with van der Waals surface area (Å²) in [4.78, 5) is 15.3. The van der Waals surface area contributed by atoms with Gasteiger partial charge in [-0.15, -0.1) is 0 Å². The molecule has 1 heterocycles. The number of carbonyl (C=O) groups is 1. The first-order valence-electron chi connectivity index (χ1n) is 8.38. The minimum absolute atomic E-state index is 0.0118. The zero-order valence-electron chi connectivity index (χ0n) is 14.8. The van der Waals surface area contributed by atoms with E-state index in [-0.39, 0.29) is 12.4 Å². The Morgan fingerprint density at radius 1 is 1.33 bits per heavy atom. The Hall–Kier alpha value is -3.54. The molecule has 2 aromatic rings. The summed E-state index contributed by atoms with van der Waals surface area (Å²) in [5.74, 6) is -0.725. The Morgan fingerprint density at radius 3 is 2.85 bits per heavy atom. The van der Waals surface area contributed by atoms with Crippen molar-refractivity contribution in [2.45, 2.75) is 6.92 Å². The third-order valence-corrected chi connectivity index (χ3v) is 4.14. The predicted octanol–water partition coefficient (Wildman–Crippen LogP) is 3.13. The van der Waals surface area contributed by atoms with Crippen LogP contribution in [0.3, 0.4) is 0 Å². The molecule has 0 spiro atoms. The summed E-state index contributed by atoms with van der Waals surface area (Å²) in [6.07, 6.45) is 8.68. The molecule has 0 radical (unpaired) electrons. The Kier molecular flexibility index (Phi) is 5.26. The van der Waals surface area contributed by atoms with Crippen LogP contribution in [0.4, 0.5) is 4.39 Å². The van der Waals surface area contributed by atoms with E-state index in [1.54, 1.807) is 43.6 Å². The molecule has 3 rings (SSSR count). The third kappa shape index (κ3) is 4.17. The van der Waals surface area contributed by atoms with Crippen molar-refractivity contribution in [1.82, 2.24) is 10.3 Å². The SMILES string of the molecule is Cc1cc(-c2ncccc2C2=CC(=N)/C(=C\NCC(N)=O)C=C2)ccc1F. The van der Waals surface area contributed by atoms with E-state index in [4.69, 9.17) is 11.1 Å². The second-order valence-electron chi connectivity index (χ2n) is 6.16. The van der Waals surface area contributed by atoms with Gasteiger partial charge in [-0.3, -0.25) is 9.78 Å². The zero-order chi connectivity index (χ0) is 19.4. The summed E-state index contributed by atoms with van der Waals surface area (Å²) in [5.41, 5.74) is 9.81. The largest absolute Gasteiger partial charge is 0.382 e. The van der Waals surface area contributed by atoms with Crippen LogP contribution < -0.4 is 11.1 Å². The molecule has 1 amide bonds. The van der Waals surface area contributed by atoms with E-state index in [2.05, 4.69) is 10.3 Å². The first kappa shape index (κ1) is 18.3. The number of hydrogen-bond acceptors (Lipinski definition) is 4. The molecule has 0 saturated carbocycles. The quantitative estimate of drug-likeness (QED) is 0.763. The Bertz CT molecular complexity index is 1000. The number of nitrogens with zero attached hydrogens (tertiary/aromatic N) is 1. The van der Waals surface area contributed by atoms with Crippen LogP contribution in [-0.2, 0) is 4.79 Å². The minimum Gasteiger partial charge on any atom is -0.382 e. The van der Waals surface area contributed by atoms with Crippen molar-refractivity contribution >= 4 is 17.2 Å². The van der Waals surface area contributed by atoms with E-state index in [0.29, 0.717) is 16.8 Å². The highest BCUT2D eigenvalue weighted by atomic mass is 19.1. The van der Waals surface area contributed by atoms with Crippen LogP contribution in [0.2, 0.25) is 0 Å². The number of rotatable bonds is 5. The van der Waals surface area contributed by atoms with E-state index in [9.17, 15) is 9.18 Å². The maximum absolute atomic E-state index is 13.6. The number of aromatic nitrogens is 1. The van der Waals surface area contributed by atoms with E-state index >= 15 is 0 Å². The number of aryl methyl sites for hydroxylation is 1. The average Bonchev–Trinajstić information content (AvgIpc) is 2.65. The van der Waals surface area contributed by atoms with E-state index in [0.717, 1.165) is 22.4 Å². The van der Waals surface area contributed by atoms with Crippen molar-refractivity contribution < 1.29 is 9.18 Å². The first-order valence-corrected chi connectivity index (χ1v) is 8.38. The summed E-state index contributed by atoms with van der Waals surface area (Å²) in [6.45, 7) is 1.73. The molecular formula is C21H19FN4O. The molecule has 1 aliphatic rings. The van der Waals surface area contributed by atoms with Gasteiger partial charge in [0.05, 0.1) is 18.0 Å². The molecule has 136 valence electrons. The Balaban J connectivity index is 1.92. The van der Waals surface area contributed by atoms with Gasteiger partial charge in [-0.05, 0) is 48.4 Å². The molecule has 0 bridgehead atoms. The van der Waals surface area contributed by atoms with Gasteiger partial charge in [-0.2, -0.15) is 0 Å². The average molecular weight is 362 g/mol. The zero-order valence-corrected chi connectivity index (χ0v) is 14.8. The lowest BCUT2D eigenvalue weighted by Gasteiger charge is -2.14. The van der Waals surface area contributed by atoms with Crippen LogP contribution in [0, 0.1) is 18.2 Å². The lowest BCUT2D eigenvalue weighted by molar-refractivity contribution is -0.117. The summed E-state index contributed by atoms with van der Waals surface area (Å²) < 4.78 is 13.6. The third-order valence-electron chi connectivity index (χ3n) is 4.14. The van der Waals surface area contributed by atoms with Gasteiger partial charge in [0.15, 0.2) is 0 Å². The number of carbonyl (C=O) groups excluding carboxylic acids is 1. The van der Waals surface area contributed by atoms with Crippen LogP contribution >= 0.6 is 0 Å². The second kappa shape index (κ2) is 7.78. The monoisotopic (exact) mass is 362 g/mol. The van der Waals surface area contributed by atoms with Crippen molar-refractivity contribution in [2.24, 2.45) is 5.73 Å². The van der Waals surface area contributed by atoms with Gasteiger partial charge in [0.25, 0.3) is 0 Å². The first-order chi connectivity index (χ1) is 13.0.